The van der Waals surface area contributed by atoms with Gasteiger partial charge in [-0.25, -0.2) is 13.2 Å². The summed E-state index contributed by atoms with van der Waals surface area (Å²) in [5.41, 5.74) is 0. The summed E-state index contributed by atoms with van der Waals surface area (Å²) in [6.07, 6.45) is -20.5. The highest BCUT2D eigenvalue weighted by molar-refractivity contribution is 7.81. The van der Waals surface area contributed by atoms with Crippen molar-refractivity contribution in [2.75, 3.05) is 20.8 Å². The molecule has 0 unspecified atom stereocenters. The van der Waals surface area contributed by atoms with Gasteiger partial charge in [-0.05, 0) is 0 Å². The van der Waals surface area contributed by atoms with Crippen LogP contribution in [0.3, 0.4) is 0 Å². The molecule has 0 amide bonds. The SMILES string of the molecule is COC(=O)[C@@H]1O[C@@H](OC)[C@H](OS(=O)(=O)O)[C@@H](OC(C)=O)[C@@H]1O[C@H]1O[C@H](COC(C)=O)[C@@H](OC(C)=O)[C@H](OC(C)=O)[C@H]1OS(=O)(=O)O. The minimum atomic E-state index is -5.52. The van der Waals surface area contributed by atoms with E-state index in [0.29, 0.717) is 0 Å². The van der Waals surface area contributed by atoms with E-state index in [-0.39, 0.29) is 0 Å². The van der Waals surface area contributed by atoms with Crippen LogP contribution in [0.25, 0.3) is 0 Å². The van der Waals surface area contributed by atoms with Gasteiger partial charge < -0.3 is 42.6 Å². The Labute approximate surface area is 261 Å². The summed E-state index contributed by atoms with van der Waals surface area (Å²) in [5.74, 6) is -5.50. The zero-order valence-corrected chi connectivity index (χ0v) is 26.5. The van der Waals surface area contributed by atoms with Crippen LogP contribution in [0, 0.1) is 0 Å². The van der Waals surface area contributed by atoms with Crippen molar-refractivity contribution < 1.29 is 101 Å². The third kappa shape index (κ3) is 11.3. The van der Waals surface area contributed by atoms with Crippen LogP contribution in [0.2, 0.25) is 0 Å². The molecule has 0 radical (unpaired) electrons. The van der Waals surface area contributed by atoms with Crippen LogP contribution in [0.1, 0.15) is 27.7 Å². The topological polar surface area (TPSA) is 296 Å². The second-order valence-electron chi connectivity index (χ2n) is 9.33. The van der Waals surface area contributed by atoms with E-state index >= 15 is 0 Å². The predicted octanol–water partition coefficient (Wildman–Crippen LogP) is -2.62. The van der Waals surface area contributed by atoms with Crippen LogP contribution in [0.15, 0.2) is 0 Å². The second-order valence-corrected chi connectivity index (χ2v) is 11.4. The number of methoxy groups -OCH3 is 2. The number of carbonyl (C=O) groups excluding carboxylic acids is 5. The molecule has 2 heterocycles. The van der Waals surface area contributed by atoms with Crippen molar-refractivity contribution in [3.05, 3.63) is 0 Å². The van der Waals surface area contributed by atoms with Gasteiger partial charge in [-0.2, -0.15) is 16.8 Å². The van der Waals surface area contributed by atoms with Gasteiger partial charge >= 0.3 is 50.6 Å². The average molecular weight is 713 g/mol. The van der Waals surface area contributed by atoms with E-state index in [9.17, 15) is 49.9 Å². The lowest BCUT2D eigenvalue weighted by Gasteiger charge is -2.47. The molecule has 2 aliphatic rings. The normalized spacial score (nSPS) is 31.7. The zero-order chi connectivity index (χ0) is 35.1. The lowest BCUT2D eigenvalue weighted by molar-refractivity contribution is -0.349. The van der Waals surface area contributed by atoms with E-state index in [0.717, 1.165) is 41.9 Å². The lowest BCUT2D eigenvalue weighted by Crippen LogP contribution is -2.67. The molecule has 2 saturated heterocycles. The van der Waals surface area contributed by atoms with E-state index < -0.39 is 119 Å². The van der Waals surface area contributed by atoms with Gasteiger partial charge in [-0.3, -0.25) is 28.3 Å². The molecular weight excluding hydrogens is 680 g/mol. The maximum Gasteiger partial charge on any atom is 0.397 e. The van der Waals surface area contributed by atoms with E-state index in [4.69, 9.17) is 37.9 Å². The smallest absolute Gasteiger partial charge is 0.397 e. The number of esters is 5. The van der Waals surface area contributed by atoms with Gasteiger partial charge in [0.1, 0.15) is 18.8 Å². The van der Waals surface area contributed by atoms with Crippen LogP contribution in [-0.2, 0) is 95.8 Å². The van der Waals surface area contributed by atoms with Crippen molar-refractivity contribution in [3.63, 3.8) is 0 Å². The third-order valence-corrected chi connectivity index (χ3v) is 6.80. The number of hydrogen-bond donors (Lipinski definition) is 2. The Morgan fingerprint density at radius 2 is 1.09 bits per heavy atom. The average Bonchev–Trinajstić information content (AvgIpc) is 2.90. The molecule has 0 bridgehead atoms. The first-order valence-electron chi connectivity index (χ1n) is 12.7. The van der Waals surface area contributed by atoms with Crippen molar-refractivity contribution in [2.45, 2.75) is 89.1 Å². The van der Waals surface area contributed by atoms with Crippen molar-refractivity contribution >= 4 is 50.6 Å². The molecule has 0 aromatic rings. The standard InChI is InChI=1S/C22H32O22S2/c1-8(23)36-7-12-13(37-9(2)24)14(38-10(3)25)19(44-46(31,32)33)22(40-12)41-15-16(39-11(4)26)18(43-45(28,29)30)21(35-6)42-17(15)20(27)34-5/h12-19,21-22H,7H2,1-6H3,(H,28,29,30)(H,31,32,33)/t12-,13-,14+,15+,16+,17-,18-,19-,21-,22-/m1/s1. The minimum absolute atomic E-state index is 0.779. The number of rotatable bonds is 13. The molecule has 2 rings (SSSR count). The van der Waals surface area contributed by atoms with Crippen LogP contribution < -0.4 is 0 Å². The van der Waals surface area contributed by atoms with Crippen LogP contribution in [0.5, 0.6) is 0 Å². The van der Waals surface area contributed by atoms with E-state index in [1.54, 1.807) is 0 Å². The number of ether oxygens (including phenoxy) is 9. The Morgan fingerprint density at radius 1 is 0.630 bits per heavy atom. The highest BCUT2D eigenvalue weighted by Gasteiger charge is 2.59. The fraction of sp³-hybridized carbons (Fsp3) is 0.773. The van der Waals surface area contributed by atoms with Crippen molar-refractivity contribution in [1.29, 1.82) is 0 Å². The first kappa shape index (κ1) is 39.1. The summed E-state index contributed by atoms with van der Waals surface area (Å²) in [7, 11) is -9.07. The van der Waals surface area contributed by atoms with Gasteiger partial charge in [0, 0.05) is 34.8 Å². The van der Waals surface area contributed by atoms with Gasteiger partial charge in [0.05, 0.1) is 7.11 Å². The minimum Gasteiger partial charge on any atom is -0.467 e. The Kier molecular flexibility index (Phi) is 13.7. The summed E-state index contributed by atoms with van der Waals surface area (Å²) >= 11 is 0. The van der Waals surface area contributed by atoms with Gasteiger partial charge in [0.2, 0.25) is 0 Å². The molecule has 2 aliphatic heterocycles. The molecule has 22 nitrogen and oxygen atoms in total. The molecule has 0 saturated carbocycles. The summed E-state index contributed by atoms with van der Waals surface area (Å²) in [5, 5.41) is 0. The number of hydrogen-bond acceptors (Lipinski definition) is 20. The molecule has 0 aromatic heterocycles. The summed E-state index contributed by atoms with van der Waals surface area (Å²) in [6, 6.07) is 0. The van der Waals surface area contributed by atoms with Gasteiger partial charge in [-0.1, -0.05) is 0 Å². The van der Waals surface area contributed by atoms with Crippen molar-refractivity contribution in [1.82, 2.24) is 0 Å². The third-order valence-electron chi connectivity index (χ3n) is 5.87. The molecule has 24 heteroatoms. The summed E-state index contributed by atoms with van der Waals surface area (Å²) in [6.45, 7) is 2.79. The first-order valence-corrected chi connectivity index (χ1v) is 15.4. The molecule has 2 fully saturated rings. The quantitative estimate of drug-likeness (QED) is 0.112. The highest BCUT2D eigenvalue weighted by Crippen LogP contribution is 2.36. The Balaban J connectivity index is 2.79. The van der Waals surface area contributed by atoms with Crippen molar-refractivity contribution in [3.8, 4) is 0 Å². The fourth-order valence-electron chi connectivity index (χ4n) is 4.40. The van der Waals surface area contributed by atoms with Crippen molar-refractivity contribution in [2.24, 2.45) is 0 Å². The summed E-state index contributed by atoms with van der Waals surface area (Å²) in [4.78, 5) is 60.5. The molecular formula is C22H32O22S2. The van der Waals surface area contributed by atoms with Crippen LogP contribution in [-0.4, -0.2) is 138 Å². The summed E-state index contributed by atoms with van der Waals surface area (Å²) < 4.78 is 122. The van der Waals surface area contributed by atoms with Gasteiger partial charge in [0.25, 0.3) is 0 Å². The maximum atomic E-state index is 12.8. The van der Waals surface area contributed by atoms with Crippen LogP contribution >= 0.6 is 0 Å². The first-order chi connectivity index (χ1) is 21.2. The Hall–Kier alpha value is -3.07. The van der Waals surface area contributed by atoms with E-state index in [1.165, 1.54) is 0 Å². The monoisotopic (exact) mass is 712 g/mol. The van der Waals surface area contributed by atoms with Crippen LogP contribution in [0.4, 0.5) is 0 Å². The van der Waals surface area contributed by atoms with Gasteiger partial charge in [0.15, 0.2) is 49.2 Å². The molecule has 2 N–H and O–H groups in total. The van der Waals surface area contributed by atoms with E-state index in [2.05, 4.69) is 13.1 Å². The number of carbonyl (C=O) groups is 5. The Morgan fingerprint density at radius 3 is 1.50 bits per heavy atom. The Bertz CT molecular complexity index is 1350. The molecule has 0 aliphatic carbocycles. The largest absolute Gasteiger partial charge is 0.467 e. The highest BCUT2D eigenvalue weighted by atomic mass is 32.3. The molecule has 0 aromatic carbocycles. The van der Waals surface area contributed by atoms with Gasteiger partial charge in [-0.15, -0.1) is 0 Å². The van der Waals surface area contributed by atoms with E-state index in [1.807, 2.05) is 0 Å². The molecule has 46 heavy (non-hydrogen) atoms. The molecule has 0 spiro atoms. The predicted molar refractivity (Wildman–Crippen MR) is 137 cm³/mol. The maximum absolute atomic E-state index is 12.8. The second kappa shape index (κ2) is 16.2. The lowest BCUT2D eigenvalue weighted by atomic mass is 9.96. The molecule has 264 valence electrons. The molecule has 10 atom stereocenters. The fourth-order valence-corrected chi connectivity index (χ4v) is 5.37. The zero-order valence-electron chi connectivity index (χ0n) is 24.9.